The van der Waals surface area contributed by atoms with Crippen LogP contribution in [0.5, 0.6) is 0 Å². The first-order valence-corrected chi connectivity index (χ1v) is 12.0. The average molecular weight is 459 g/mol. The lowest BCUT2D eigenvalue weighted by molar-refractivity contribution is -0.136. The van der Waals surface area contributed by atoms with E-state index >= 15 is 0 Å². The van der Waals surface area contributed by atoms with Gasteiger partial charge < -0.3 is 14.9 Å². The molecule has 2 aliphatic rings. The van der Waals surface area contributed by atoms with Gasteiger partial charge in [-0.3, -0.25) is 9.69 Å². The van der Waals surface area contributed by atoms with Gasteiger partial charge in [-0.2, -0.15) is 0 Å². The van der Waals surface area contributed by atoms with Crippen molar-refractivity contribution in [3.05, 3.63) is 65.7 Å². The van der Waals surface area contributed by atoms with Gasteiger partial charge in [0.15, 0.2) is 0 Å². The number of para-hydroxylation sites is 1. The van der Waals surface area contributed by atoms with E-state index in [1.165, 1.54) is 12.8 Å². The van der Waals surface area contributed by atoms with Crippen molar-refractivity contribution in [3.63, 3.8) is 0 Å². The molecule has 2 aromatic carbocycles. The second-order valence-electron chi connectivity index (χ2n) is 9.14. The largest absolute Gasteiger partial charge is 0.478 e. The molecule has 1 amide bonds. The predicted octanol–water partition coefficient (Wildman–Crippen LogP) is 3.34. The standard InChI is InChI=1S/C27H30N4O3/c32-24-19-30(15-17-31(24)16-14-29-12-6-7-13-29)18-22-25(27(33)34)21-10-4-5-11-23(21)28-26(22)20-8-2-1-3-9-20/h1-5,8-11H,6-7,12-19H2,(H,33,34). The van der Waals surface area contributed by atoms with Gasteiger partial charge in [0, 0.05) is 49.2 Å². The minimum absolute atomic E-state index is 0.109. The van der Waals surface area contributed by atoms with Crippen LogP contribution in [-0.4, -0.2) is 82.5 Å². The second kappa shape index (κ2) is 9.91. The van der Waals surface area contributed by atoms with Gasteiger partial charge in [0.1, 0.15) is 0 Å². The zero-order valence-corrected chi connectivity index (χ0v) is 19.3. The Kier molecular flexibility index (Phi) is 6.56. The minimum Gasteiger partial charge on any atom is -0.478 e. The number of hydrogen-bond acceptors (Lipinski definition) is 5. The van der Waals surface area contributed by atoms with Crippen LogP contribution in [0.25, 0.3) is 22.2 Å². The number of likely N-dealkylation sites (tertiary alicyclic amines) is 1. The highest BCUT2D eigenvalue weighted by molar-refractivity contribution is 6.05. The molecule has 2 aliphatic heterocycles. The van der Waals surface area contributed by atoms with Crippen LogP contribution in [0.2, 0.25) is 0 Å². The number of aromatic nitrogens is 1. The monoisotopic (exact) mass is 458 g/mol. The lowest BCUT2D eigenvalue weighted by atomic mass is 9.96. The van der Waals surface area contributed by atoms with Gasteiger partial charge in [-0.25, -0.2) is 9.78 Å². The van der Waals surface area contributed by atoms with Crippen molar-refractivity contribution in [2.45, 2.75) is 19.4 Å². The van der Waals surface area contributed by atoms with Crippen molar-refractivity contribution in [2.75, 3.05) is 45.8 Å². The van der Waals surface area contributed by atoms with E-state index < -0.39 is 5.97 Å². The van der Waals surface area contributed by atoms with E-state index in [1.807, 2.05) is 59.5 Å². The first-order valence-electron chi connectivity index (χ1n) is 12.0. The third-order valence-corrected chi connectivity index (χ3v) is 6.92. The summed E-state index contributed by atoms with van der Waals surface area (Å²) in [6, 6.07) is 17.1. The molecule has 3 aromatic rings. The normalized spacial score (nSPS) is 17.5. The van der Waals surface area contributed by atoms with Crippen LogP contribution in [0.4, 0.5) is 0 Å². The number of nitrogens with zero attached hydrogens (tertiary/aromatic N) is 4. The van der Waals surface area contributed by atoms with Gasteiger partial charge in [0.2, 0.25) is 5.91 Å². The molecule has 1 N–H and O–H groups in total. The third-order valence-electron chi connectivity index (χ3n) is 6.92. The number of carboxylic acid groups (broad SMARTS) is 1. The van der Waals surface area contributed by atoms with Crippen molar-refractivity contribution in [2.24, 2.45) is 0 Å². The maximum atomic E-state index is 12.9. The van der Waals surface area contributed by atoms with Gasteiger partial charge in [-0.05, 0) is 32.0 Å². The van der Waals surface area contributed by atoms with Gasteiger partial charge in [-0.1, -0.05) is 48.5 Å². The van der Waals surface area contributed by atoms with Crippen LogP contribution in [0, 0.1) is 0 Å². The zero-order valence-electron chi connectivity index (χ0n) is 19.3. The maximum absolute atomic E-state index is 12.9. The van der Waals surface area contributed by atoms with E-state index in [4.69, 9.17) is 4.98 Å². The second-order valence-corrected chi connectivity index (χ2v) is 9.14. The molecule has 34 heavy (non-hydrogen) atoms. The summed E-state index contributed by atoms with van der Waals surface area (Å²) in [7, 11) is 0. The maximum Gasteiger partial charge on any atom is 0.336 e. The fraction of sp³-hybridized carbons (Fsp3) is 0.370. The Morgan fingerprint density at radius 2 is 1.62 bits per heavy atom. The van der Waals surface area contributed by atoms with Gasteiger partial charge in [-0.15, -0.1) is 0 Å². The Bertz CT molecular complexity index is 1190. The number of carbonyl (C=O) groups excluding carboxylic acids is 1. The van der Waals surface area contributed by atoms with Crippen molar-refractivity contribution in [1.82, 2.24) is 19.7 Å². The predicted molar refractivity (Wildman–Crippen MR) is 132 cm³/mol. The third kappa shape index (κ3) is 4.67. The Morgan fingerprint density at radius 3 is 2.35 bits per heavy atom. The molecule has 176 valence electrons. The van der Waals surface area contributed by atoms with E-state index in [9.17, 15) is 14.7 Å². The Hall–Kier alpha value is -3.29. The van der Waals surface area contributed by atoms with E-state index in [1.54, 1.807) is 0 Å². The number of pyridine rings is 1. The summed E-state index contributed by atoms with van der Waals surface area (Å²) in [6.45, 7) is 5.99. The Labute approximate surface area is 199 Å². The molecule has 0 spiro atoms. The van der Waals surface area contributed by atoms with E-state index in [0.717, 1.165) is 31.7 Å². The average Bonchev–Trinajstić information content (AvgIpc) is 3.37. The number of benzene rings is 2. The quantitative estimate of drug-likeness (QED) is 0.585. The summed E-state index contributed by atoms with van der Waals surface area (Å²) in [5, 5.41) is 10.8. The molecular weight excluding hydrogens is 428 g/mol. The van der Waals surface area contributed by atoms with E-state index in [2.05, 4.69) is 9.80 Å². The zero-order chi connectivity index (χ0) is 23.5. The van der Waals surface area contributed by atoms with Crippen LogP contribution in [0.3, 0.4) is 0 Å². The fourth-order valence-corrected chi connectivity index (χ4v) is 5.11. The number of amides is 1. The summed E-state index contributed by atoms with van der Waals surface area (Å²) in [4.78, 5) is 36.7. The summed E-state index contributed by atoms with van der Waals surface area (Å²) >= 11 is 0. The Balaban J connectivity index is 1.42. The lowest BCUT2D eigenvalue weighted by Crippen LogP contribution is -2.51. The van der Waals surface area contributed by atoms with Crippen LogP contribution >= 0.6 is 0 Å². The summed E-state index contributed by atoms with van der Waals surface area (Å²) < 4.78 is 0. The topological polar surface area (TPSA) is 77.0 Å². The number of rotatable bonds is 7. The fourth-order valence-electron chi connectivity index (χ4n) is 5.11. The van der Waals surface area contributed by atoms with Crippen LogP contribution in [0.15, 0.2) is 54.6 Å². The number of piperazine rings is 1. The molecule has 0 aliphatic carbocycles. The molecule has 2 fully saturated rings. The summed E-state index contributed by atoms with van der Waals surface area (Å²) in [5.41, 5.74) is 3.14. The highest BCUT2D eigenvalue weighted by atomic mass is 16.4. The molecular formula is C27H30N4O3. The molecule has 7 heteroatoms. The molecule has 0 radical (unpaired) electrons. The number of hydrogen-bond donors (Lipinski definition) is 1. The molecule has 7 nitrogen and oxygen atoms in total. The number of aromatic carboxylic acids is 1. The smallest absolute Gasteiger partial charge is 0.336 e. The van der Waals surface area contributed by atoms with Crippen molar-refractivity contribution < 1.29 is 14.7 Å². The van der Waals surface area contributed by atoms with Crippen molar-refractivity contribution in [3.8, 4) is 11.3 Å². The summed E-state index contributed by atoms with van der Waals surface area (Å²) in [5.74, 6) is -0.862. The Morgan fingerprint density at radius 1 is 0.882 bits per heavy atom. The van der Waals surface area contributed by atoms with E-state index in [0.29, 0.717) is 48.3 Å². The van der Waals surface area contributed by atoms with Gasteiger partial charge in [0.25, 0.3) is 0 Å². The molecule has 0 bridgehead atoms. The highest BCUT2D eigenvalue weighted by Crippen LogP contribution is 2.31. The summed E-state index contributed by atoms with van der Waals surface area (Å²) in [6.07, 6.45) is 2.49. The van der Waals surface area contributed by atoms with Crippen LogP contribution in [-0.2, 0) is 11.3 Å². The molecule has 0 atom stereocenters. The number of fused-ring (bicyclic) bond motifs is 1. The molecule has 0 unspecified atom stereocenters. The lowest BCUT2D eigenvalue weighted by Gasteiger charge is -2.35. The minimum atomic E-state index is -0.971. The first kappa shape index (κ1) is 22.5. The van der Waals surface area contributed by atoms with Crippen LogP contribution < -0.4 is 0 Å². The highest BCUT2D eigenvalue weighted by Gasteiger charge is 2.28. The van der Waals surface area contributed by atoms with Crippen molar-refractivity contribution in [1.29, 1.82) is 0 Å². The number of carbonyl (C=O) groups is 2. The number of carboxylic acids is 1. The van der Waals surface area contributed by atoms with Crippen LogP contribution in [0.1, 0.15) is 28.8 Å². The van der Waals surface area contributed by atoms with Crippen molar-refractivity contribution >= 4 is 22.8 Å². The van der Waals surface area contributed by atoms with Gasteiger partial charge in [0.05, 0.1) is 23.3 Å². The van der Waals surface area contributed by atoms with Gasteiger partial charge >= 0.3 is 5.97 Å². The van der Waals surface area contributed by atoms with E-state index in [-0.39, 0.29) is 11.5 Å². The molecule has 2 saturated heterocycles. The molecule has 5 rings (SSSR count). The molecule has 0 saturated carbocycles. The first-order chi connectivity index (χ1) is 16.6. The SMILES string of the molecule is O=C(O)c1c(CN2CCN(CCN3CCCC3)C(=O)C2)c(-c2ccccc2)nc2ccccc12. The molecule has 1 aromatic heterocycles. The molecule has 3 heterocycles.